The predicted octanol–water partition coefficient (Wildman–Crippen LogP) is 9.47. The molecule has 39 heavy (non-hydrogen) atoms. The molecule has 1 aliphatic heterocycles. The van der Waals surface area contributed by atoms with Gasteiger partial charge in [-0.3, -0.25) is 0 Å². The van der Waals surface area contributed by atoms with Crippen LogP contribution in [-0.4, -0.2) is 14.2 Å². The van der Waals surface area contributed by atoms with Crippen molar-refractivity contribution in [1.29, 1.82) is 0 Å². The van der Waals surface area contributed by atoms with E-state index in [2.05, 4.69) is 102 Å². The Kier molecular flexibility index (Phi) is 5.13. The highest BCUT2D eigenvalue weighted by atomic mass is 32.2. The van der Waals surface area contributed by atoms with Crippen LogP contribution in [0.1, 0.15) is 39.5 Å². The molecular weight excluding hydrogens is 517 g/mol. The van der Waals surface area contributed by atoms with E-state index in [0.717, 1.165) is 17.9 Å². The first-order valence-electron chi connectivity index (χ1n) is 13.3. The van der Waals surface area contributed by atoms with E-state index in [4.69, 9.17) is 9.47 Å². The smallest absolute Gasteiger partial charge is 0.124 e. The number of rotatable bonds is 4. The SMILES string of the molecule is COc1ccc(-c2cccs2)c2c1C1(c3ccccc3-2)c2ccccc2-c2c(C3CC=CS3)ccc(OC)c21. The van der Waals surface area contributed by atoms with Crippen LogP contribution in [0.3, 0.4) is 0 Å². The molecule has 5 aromatic rings. The van der Waals surface area contributed by atoms with Gasteiger partial charge in [0.25, 0.3) is 0 Å². The normalized spacial score (nSPS) is 19.6. The van der Waals surface area contributed by atoms with E-state index in [1.165, 1.54) is 60.5 Å². The minimum absolute atomic E-state index is 0.392. The highest BCUT2D eigenvalue weighted by molar-refractivity contribution is 8.02. The average molecular weight is 543 g/mol. The number of hydrogen-bond donors (Lipinski definition) is 0. The Bertz CT molecular complexity index is 1790. The molecule has 8 rings (SSSR count). The van der Waals surface area contributed by atoms with E-state index in [9.17, 15) is 0 Å². The lowest BCUT2D eigenvalue weighted by Gasteiger charge is -2.33. The second-order valence-corrected chi connectivity index (χ2v) is 12.3. The molecule has 0 N–H and O–H groups in total. The van der Waals surface area contributed by atoms with Gasteiger partial charge in [-0.25, -0.2) is 0 Å². The number of fused-ring (bicyclic) bond motifs is 10. The summed E-state index contributed by atoms with van der Waals surface area (Å²) in [5, 5.41) is 4.79. The Labute approximate surface area is 236 Å². The average Bonchev–Trinajstić information content (AvgIpc) is 3.80. The van der Waals surface area contributed by atoms with Crippen molar-refractivity contribution in [3.05, 3.63) is 130 Å². The number of allylic oxidation sites excluding steroid dienone is 1. The summed E-state index contributed by atoms with van der Waals surface area (Å²) in [5.74, 6) is 1.83. The van der Waals surface area contributed by atoms with Crippen LogP contribution in [0.25, 0.3) is 32.7 Å². The standard InChI is InChI=1S/C35H26O2S2/c1-36-27-17-15-23(29-13-7-19-38-29)31-21-9-3-5-11-25(21)35(33(27)31)26-12-6-4-10-22(26)32-24(30-14-8-20-39-30)16-18-28(37-2)34(32)35/h3-13,15-20,30H,14H2,1-2H3. The fourth-order valence-corrected chi connectivity index (χ4v) is 8.93. The Morgan fingerprint density at radius 2 is 1.36 bits per heavy atom. The molecule has 2 aliphatic carbocycles. The van der Waals surface area contributed by atoms with Crippen molar-refractivity contribution in [2.24, 2.45) is 0 Å². The number of thiophene rings is 1. The van der Waals surface area contributed by atoms with Gasteiger partial charge < -0.3 is 9.47 Å². The van der Waals surface area contributed by atoms with E-state index in [-0.39, 0.29) is 0 Å². The summed E-state index contributed by atoms with van der Waals surface area (Å²) in [5.41, 5.74) is 12.3. The first kappa shape index (κ1) is 23.2. The number of thioether (sulfide) groups is 1. The molecule has 1 spiro atoms. The first-order valence-corrected chi connectivity index (χ1v) is 15.1. The van der Waals surface area contributed by atoms with Crippen LogP contribution in [0.5, 0.6) is 11.5 Å². The maximum Gasteiger partial charge on any atom is 0.124 e. The summed E-state index contributed by atoms with van der Waals surface area (Å²) < 4.78 is 12.5. The molecule has 2 nitrogen and oxygen atoms in total. The second-order valence-electron chi connectivity index (χ2n) is 10.2. The molecule has 3 aliphatic rings. The van der Waals surface area contributed by atoms with Gasteiger partial charge in [-0.2, -0.15) is 0 Å². The summed E-state index contributed by atoms with van der Waals surface area (Å²) in [6.45, 7) is 0. The molecule has 190 valence electrons. The van der Waals surface area contributed by atoms with Crippen LogP contribution in [-0.2, 0) is 5.41 Å². The lowest BCUT2D eigenvalue weighted by Crippen LogP contribution is -2.27. The molecule has 0 radical (unpaired) electrons. The molecule has 4 heteroatoms. The third-order valence-electron chi connectivity index (χ3n) is 8.58. The highest BCUT2D eigenvalue weighted by Gasteiger charge is 2.56. The van der Waals surface area contributed by atoms with Gasteiger partial charge in [0.2, 0.25) is 0 Å². The highest BCUT2D eigenvalue weighted by Crippen LogP contribution is 2.68. The van der Waals surface area contributed by atoms with E-state index in [0.29, 0.717) is 5.25 Å². The van der Waals surface area contributed by atoms with Gasteiger partial charge in [0, 0.05) is 26.8 Å². The monoisotopic (exact) mass is 542 g/mol. The summed E-state index contributed by atoms with van der Waals surface area (Å²) in [6.07, 6.45) is 3.33. The van der Waals surface area contributed by atoms with Crippen molar-refractivity contribution in [3.63, 3.8) is 0 Å². The van der Waals surface area contributed by atoms with Crippen molar-refractivity contribution in [2.75, 3.05) is 14.2 Å². The molecule has 0 amide bonds. The summed E-state index contributed by atoms with van der Waals surface area (Å²) in [7, 11) is 3.60. The Hall–Kier alpha value is -3.73. The van der Waals surface area contributed by atoms with E-state index in [1.54, 1.807) is 25.6 Å². The van der Waals surface area contributed by atoms with E-state index < -0.39 is 5.41 Å². The van der Waals surface area contributed by atoms with Crippen LogP contribution < -0.4 is 9.47 Å². The Morgan fingerprint density at radius 1 is 0.692 bits per heavy atom. The first-order chi connectivity index (χ1) is 19.3. The predicted molar refractivity (Wildman–Crippen MR) is 163 cm³/mol. The second kappa shape index (κ2) is 8.64. The van der Waals surface area contributed by atoms with Gasteiger partial charge in [-0.1, -0.05) is 66.7 Å². The molecule has 0 fully saturated rings. The molecule has 4 aromatic carbocycles. The lowest BCUT2D eigenvalue weighted by atomic mass is 9.69. The van der Waals surface area contributed by atoms with Crippen molar-refractivity contribution in [3.8, 4) is 44.2 Å². The van der Waals surface area contributed by atoms with Gasteiger partial charge in [-0.15, -0.1) is 23.1 Å². The van der Waals surface area contributed by atoms with Gasteiger partial charge in [0.1, 0.15) is 11.5 Å². The summed E-state index contributed by atoms with van der Waals surface area (Å²) >= 11 is 3.70. The molecule has 0 saturated heterocycles. The molecule has 2 heterocycles. The maximum absolute atomic E-state index is 6.24. The van der Waals surface area contributed by atoms with Crippen molar-refractivity contribution in [1.82, 2.24) is 0 Å². The van der Waals surface area contributed by atoms with Crippen molar-refractivity contribution < 1.29 is 9.47 Å². The summed E-state index contributed by atoms with van der Waals surface area (Å²) in [6, 6.07) is 31.2. The number of benzene rings is 4. The topological polar surface area (TPSA) is 18.5 Å². The lowest BCUT2D eigenvalue weighted by molar-refractivity contribution is 0.398. The van der Waals surface area contributed by atoms with Crippen molar-refractivity contribution >= 4 is 23.1 Å². The van der Waals surface area contributed by atoms with Gasteiger partial charge in [0.05, 0.1) is 19.6 Å². The molecule has 2 atom stereocenters. The van der Waals surface area contributed by atoms with E-state index in [1.807, 2.05) is 11.8 Å². The van der Waals surface area contributed by atoms with Gasteiger partial charge in [0.15, 0.2) is 0 Å². The third kappa shape index (κ3) is 2.93. The molecule has 0 bridgehead atoms. The quantitative estimate of drug-likeness (QED) is 0.221. The molecule has 2 unspecified atom stereocenters. The fourth-order valence-electron chi connectivity index (χ4n) is 7.19. The van der Waals surface area contributed by atoms with Gasteiger partial charge in [-0.05, 0) is 80.4 Å². The number of methoxy groups -OCH3 is 2. The van der Waals surface area contributed by atoms with Crippen LogP contribution in [0.4, 0.5) is 0 Å². The van der Waals surface area contributed by atoms with Crippen LogP contribution in [0, 0.1) is 0 Å². The molecule has 1 aromatic heterocycles. The van der Waals surface area contributed by atoms with Crippen molar-refractivity contribution in [2.45, 2.75) is 17.1 Å². The Balaban J connectivity index is 1.59. The van der Waals surface area contributed by atoms with E-state index >= 15 is 0 Å². The number of ether oxygens (including phenoxy) is 2. The summed E-state index contributed by atoms with van der Waals surface area (Å²) in [4.78, 5) is 1.27. The zero-order chi connectivity index (χ0) is 26.1. The zero-order valence-corrected chi connectivity index (χ0v) is 23.4. The van der Waals surface area contributed by atoms with Gasteiger partial charge >= 0.3 is 0 Å². The molecular formula is C35H26O2S2. The number of hydrogen-bond acceptors (Lipinski definition) is 4. The zero-order valence-electron chi connectivity index (χ0n) is 21.7. The molecule has 0 saturated carbocycles. The Morgan fingerprint density at radius 3 is 2.00 bits per heavy atom. The van der Waals surface area contributed by atoms with Crippen LogP contribution in [0.15, 0.2) is 102 Å². The van der Waals surface area contributed by atoms with Crippen LogP contribution in [0.2, 0.25) is 0 Å². The van der Waals surface area contributed by atoms with Crippen LogP contribution >= 0.6 is 23.1 Å². The minimum atomic E-state index is -0.547. The largest absolute Gasteiger partial charge is 0.496 e. The third-order valence-corrected chi connectivity index (χ3v) is 10.6. The fraction of sp³-hybridized carbons (Fsp3) is 0.143. The maximum atomic E-state index is 6.24. The minimum Gasteiger partial charge on any atom is -0.496 e.